The number of aryl methyl sites for hydroxylation is 2. The molecule has 2 amide bonds. The molecule has 1 aromatic rings. The minimum absolute atomic E-state index is 0.0693. The number of nitrogens with one attached hydrogen (secondary N) is 2. The molecule has 0 atom stereocenters. The molecule has 10 nitrogen and oxygen atoms in total. The molecule has 0 aliphatic carbocycles. The fraction of sp³-hybridized carbons (Fsp3) is 0.733. The summed E-state index contributed by atoms with van der Waals surface area (Å²) in [7, 11) is 0. The van der Waals surface area contributed by atoms with E-state index in [2.05, 4.69) is 31.0 Å². The molecule has 0 aromatic carbocycles. The molecule has 0 spiro atoms. The highest BCUT2D eigenvalue weighted by atomic mass is 16.5. The Morgan fingerprint density at radius 1 is 0.960 bits per heavy atom. The molecular weight excluding hydrogens is 326 g/mol. The van der Waals surface area contributed by atoms with Gasteiger partial charge in [-0.3, -0.25) is 9.59 Å². The van der Waals surface area contributed by atoms with Crippen molar-refractivity contribution < 1.29 is 14.3 Å². The molecule has 0 saturated carbocycles. The number of hydrogen-bond donors (Lipinski definition) is 3. The zero-order valence-electron chi connectivity index (χ0n) is 14.7. The molecule has 0 aliphatic rings. The van der Waals surface area contributed by atoms with Crippen molar-refractivity contribution in [2.24, 2.45) is 5.73 Å². The molecule has 0 saturated heterocycles. The Labute approximate surface area is 147 Å². The van der Waals surface area contributed by atoms with E-state index in [9.17, 15) is 9.59 Å². The van der Waals surface area contributed by atoms with Crippen LogP contribution in [0.25, 0.3) is 0 Å². The molecule has 140 valence electrons. The van der Waals surface area contributed by atoms with Gasteiger partial charge in [0.25, 0.3) is 0 Å². The summed E-state index contributed by atoms with van der Waals surface area (Å²) in [4.78, 5) is 23.2. The zero-order chi connectivity index (χ0) is 18.3. The number of rotatable bonds is 13. The average molecular weight is 353 g/mol. The quantitative estimate of drug-likeness (QED) is 0.378. The lowest BCUT2D eigenvalue weighted by Crippen LogP contribution is -2.28. The normalized spacial score (nSPS) is 10.5. The fourth-order valence-corrected chi connectivity index (χ4v) is 1.91. The van der Waals surface area contributed by atoms with Gasteiger partial charge < -0.3 is 21.1 Å². The predicted octanol–water partition coefficient (Wildman–Crippen LogP) is -1.11. The van der Waals surface area contributed by atoms with Gasteiger partial charge in [0.1, 0.15) is 0 Å². The van der Waals surface area contributed by atoms with Gasteiger partial charge in [-0.1, -0.05) is 0 Å². The Hall–Kier alpha value is -2.20. The summed E-state index contributed by atoms with van der Waals surface area (Å²) in [5, 5.41) is 21.0. The van der Waals surface area contributed by atoms with E-state index in [4.69, 9.17) is 10.5 Å². The van der Waals surface area contributed by atoms with Crippen molar-refractivity contribution in [1.29, 1.82) is 0 Å². The predicted molar refractivity (Wildman–Crippen MR) is 90.4 cm³/mol. The lowest BCUT2D eigenvalue weighted by atomic mass is 10.2. The van der Waals surface area contributed by atoms with Gasteiger partial charge in [0.15, 0.2) is 11.6 Å². The van der Waals surface area contributed by atoms with Gasteiger partial charge in [-0.15, -0.1) is 20.4 Å². The van der Waals surface area contributed by atoms with Gasteiger partial charge in [0.05, 0.1) is 13.2 Å². The number of ether oxygens (including phenoxy) is 1. The van der Waals surface area contributed by atoms with Crippen molar-refractivity contribution in [2.75, 3.05) is 32.8 Å². The first-order chi connectivity index (χ1) is 12.1. The lowest BCUT2D eigenvalue weighted by molar-refractivity contribution is -0.122. The number of aromatic nitrogens is 4. The van der Waals surface area contributed by atoms with E-state index in [1.807, 2.05) is 0 Å². The summed E-state index contributed by atoms with van der Waals surface area (Å²) in [5.74, 6) is 0.942. The van der Waals surface area contributed by atoms with Crippen molar-refractivity contribution in [2.45, 2.75) is 39.0 Å². The number of carbonyl (C=O) groups is 2. The third-order valence-electron chi connectivity index (χ3n) is 3.16. The average Bonchev–Trinajstić information content (AvgIpc) is 2.60. The van der Waals surface area contributed by atoms with Crippen LogP contribution in [-0.2, 0) is 20.7 Å². The number of amides is 2. The zero-order valence-corrected chi connectivity index (χ0v) is 14.7. The second-order valence-electron chi connectivity index (χ2n) is 5.42. The first-order valence-corrected chi connectivity index (χ1v) is 8.46. The Morgan fingerprint density at radius 2 is 1.60 bits per heavy atom. The maximum atomic E-state index is 11.7. The highest BCUT2D eigenvalue weighted by Gasteiger charge is 2.05. The van der Waals surface area contributed by atoms with Crippen molar-refractivity contribution in [3.05, 3.63) is 11.6 Å². The van der Waals surface area contributed by atoms with E-state index in [0.717, 1.165) is 0 Å². The lowest BCUT2D eigenvalue weighted by Gasteiger charge is -2.06. The standard InChI is InChI=1S/C15H27N7O3/c1-12-19-21-13(22-20-12)4-3-8-17-14(23)5-2-6-15(24)18-9-11-25-10-7-16/h2-11,16H2,1H3,(H,17,23)(H,18,24). The number of carbonyl (C=O) groups excluding carboxylic acids is 2. The van der Waals surface area contributed by atoms with Crippen molar-refractivity contribution >= 4 is 11.8 Å². The Balaban J connectivity index is 1.97. The molecule has 0 aliphatic heterocycles. The van der Waals surface area contributed by atoms with Gasteiger partial charge >= 0.3 is 0 Å². The summed E-state index contributed by atoms with van der Waals surface area (Å²) in [6.07, 6.45) is 2.47. The molecule has 1 rings (SSSR count). The van der Waals surface area contributed by atoms with E-state index in [-0.39, 0.29) is 11.8 Å². The monoisotopic (exact) mass is 353 g/mol. The van der Waals surface area contributed by atoms with E-state index in [1.54, 1.807) is 6.92 Å². The molecule has 25 heavy (non-hydrogen) atoms. The number of nitrogens with zero attached hydrogens (tertiary/aromatic N) is 4. The molecule has 10 heteroatoms. The summed E-state index contributed by atoms with van der Waals surface area (Å²) in [6.45, 7) is 4.10. The van der Waals surface area contributed by atoms with Crippen LogP contribution in [0.4, 0.5) is 0 Å². The Morgan fingerprint density at radius 3 is 2.24 bits per heavy atom. The Bertz CT molecular complexity index is 510. The third kappa shape index (κ3) is 11.1. The fourth-order valence-electron chi connectivity index (χ4n) is 1.91. The van der Waals surface area contributed by atoms with Crippen LogP contribution in [0, 0.1) is 6.92 Å². The van der Waals surface area contributed by atoms with Crippen LogP contribution < -0.4 is 16.4 Å². The van der Waals surface area contributed by atoms with Crippen LogP contribution in [0.1, 0.15) is 37.3 Å². The van der Waals surface area contributed by atoms with Crippen LogP contribution >= 0.6 is 0 Å². The van der Waals surface area contributed by atoms with Crippen LogP contribution in [0.3, 0.4) is 0 Å². The van der Waals surface area contributed by atoms with Gasteiger partial charge in [-0.05, 0) is 19.8 Å². The van der Waals surface area contributed by atoms with Gasteiger partial charge in [0.2, 0.25) is 11.8 Å². The molecule has 0 radical (unpaired) electrons. The second kappa shape index (κ2) is 13.1. The number of hydrogen-bond acceptors (Lipinski definition) is 8. The van der Waals surface area contributed by atoms with Crippen molar-refractivity contribution in [3.63, 3.8) is 0 Å². The van der Waals surface area contributed by atoms with E-state index in [1.165, 1.54) is 0 Å². The minimum Gasteiger partial charge on any atom is -0.378 e. The summed E-state index contributed by atoms with van der Waals surface area (Å²) < 4.78 is 5.15. The molecule has 0 fully saturated rings. The van der Waals surface area contributed by atoms with Gasteiger partial charge in [-0.2, -0.15) is 0 Å². The highest BCUT2D eigenvalue weighted by Crippen LogP contribution is 1.96. The van der Waals surface area contributed by atoms with Crippen molar-refractivity contribution in [1.82, 2.24) is 31.0 Å². The van der Waals surface area contributed by atoms with E-state index in [0.29, 0.717) is 76.6 Å². The van der Waals surface area contributed by atoms with Crippen LogP contribution in [0.5, 0.6) is 0 Å². The molecule has 0 bridgehead atoms. The van der Waals surface area contributed by atoms with Crippen molar-refractivity contribution in [3.8, 4) is 0 Å². The first-order valence-electron chi connectivity index (χ1n) is 8.46. The van der Waals surface area contributed by atoms with E-state index < -0.39 is 0 Å². The topological polar surface area (TPSA) is 145 Å². The Kier molecular flexibility index (Phi) is 10.9. The summed E-state index contributed by atoms with van der Waals surface area (Å²) in [5.41, 5.74) is 5.28. The second-order valence-corrected chi connectivity index (χ2v) is 5.42. The molecule has 1 aromatic heterocycles. The smallest absolute Gasteiger partial charge is 0.220 e. The highest BCUT2D eigenvalue weighted by molar-refractivity contribution is 5.78. The maximum Gasteiger partial charge on any atom is 0.220 e. The molecule has 1 heterocycles. The summed E-state index contributed by atoms with van der Waals surface area (Å²) >= 11 is 0. The van der Waals surface area contributed by atoms with Crippen LogP contribution in [0.15, 0.2) is 0 Å². The maximum absolute atomic E-state index is 11.7. The number of nitrogens with two attached hydrogens (primary N) is 1. The van der Waals surface area contributed by atoms with E-state index >= 15 is 0 Å². The van der Waals surface area contributed by atoms with Gasteiger partial charge in [0, 0.05) is 38.9 Å². The third-order valence-corrected chi connectivity index (χ3v) is 3.16. The molecule has 0 unspecified atom stereocenters. The van der Waals surface area contributed by atoms with Crippen LogP contribution in [0.2, 0.25) is 0 Å². The SMILES string of the molecule is Cc1nnc(CCCNC(=O)CCCC(=O)NCCOCCN)nn1. The van der Waals surface area contributed by atoms with Crippen LogP contribution in [-0.4, -0.2) is 65.1 Å². The molecule has 4 N–H and O–H groups in total. The minimum atomic E-state index is -0.0827. The van der Waals surface area contributed by atoms with Gasteiger partial charge in [-0.25, -0.2) is 0 Å². The summed E-state index contributed by atoms with van der Waals surface area (Å²) in [6, 6.07) is 0. The first kappa shape index (κ1) is 20.8. The largest absolute Gasteiger partial charge is 0.378 e. The molecular formula is C15H27N7O3.